The summed E-state index contributed by atoms with van der Waals surface area (Å²) >= 11 is 0.822. The van der Waals surface area contributed by atoms with Crippen molar-refractivity contribution in [1.82, 2.24) is 10.3 Å². The smallest absolute Gasteiger partial charge is 0.434 e. The Morgan fingerprint density at radius 3 is 2.84 bits per heavy atom. The summed E-state index contributed by atoms with van der Waals surface area (Å²) < 4.78 is 42.4. The highest BCUT2D eigenvalue weighted by atomic mass is 32.1. The van der Waals surface area contributed by atoms with E-state index in [9.17, 15) is 22.8 Å². The fourth-order valence-corrected chi connectivity index (χ4v) is 2.96. The second-order valence-electron chi connectivity index (χ2n) is 5.12. The van der Waals surface area contributed by atoms with E-state index in [-0.39, 0.29) is 23.7 Å². The molecule has 6 nitrogen and oxygen atoms in total. The molecule has 1 N–H and O–H groups in total. The highest BCUT2D eigenvalue weighted by molar-refractivity contribution is 7.09. The number of rotatable bonds is 4. The van der Waals surface area contributed by atoms with Crippen molar-refractivity contribution in [1.29, 1.82) is 0 Å². The lowest BCUT2D eigenvalue weighted by Crippen LogP contribution is -2.25. The second-order valence-corrected chi connectivity index (χ2v) is 6.07. The number of anilines is 1. The van der Waals surface area contributed by atoms with E-state index in [4.69, 9.17) is 4.74 Å². The number of nitrogens with zero attached hydrogens (tertiary/aromatic N) is 2. The number of carbonyl (C=O) groups is 2. The van der Waals surface area contributed by atoms with Gasteiger partial charge in [-0.15, -0.1) is 11.3 Å². The van der Waals surface area contributed by atoms with Crippen LogP contribution in [0.3, 0.4) is 0 Å². The first kappa shape index (κ1) is 17.2. The van der Waals surface area contributed by atoms with Crippen molar-refractivity contribution in [2.75, 3.05) is 18.1 Å². The van der Waals surface area contributed by atoms with Crippen molar-refractivity contribution in [3.63, 3.8) is 0 Å². The molecule has 1 aliphatic heterocycles. The molecule has 3 rings (SSSR count). The summed E-state index contributed by atoms with van der Waals surface area (Å²) in [6.07, 6.45) is -4.99. The molecule has 0 bridgehead atoms. The van der Waals surface area contributed by atoms with Gasteiger partial charge >= 0.3 is 12.3 Å². The number of hydrogen-bond acceptors (Lipinski definition) is 5. The quantitative estimate of drug-likeness (QED) is 0.897. The lowest BCUT2D eigenvalue weighted by molar-refractivity contribution is -0.140. The normalized spacial score (nSPS) is 14.5. The largest absolute Gasteiger partial charge is 0.447 e. The van der Waals surface area contributed by atoms with Crippen molar-refractivity contribution < 1.29 is 27.5 Å². The van der Waals surface area contributed by atoms with E-state index in [1.807, 2.05) is 0 Å². The third-order valence-electron chi connectivity index (χ3n) is 3.42. The summed E-state index contributed by atoms with van der Waals surface area (Å²) in [4.78, 5) is 28.6. The third kappa shape index (κ3) is 3.90. The molecular formula is C15H12F3N3O3S. The minimum absolute atomic E-state index is 0.116. The van der Waals surface area contributed by atoms with Crippen LogP contribution < -0.4 is 10.2 Å². The number of halogens is 3. The Hall–Kier alpha value is -2.62. The van der Waals surface area contributed by atoms with Gasteiger partial charge in [-0.05, 0) is 18.2 Å². The monoisotopic (exact) mass is 371 g/mol. The van der Waals surface area contributed by atoms with E-state index in [2.05, 4.69) is 10.3 Å². The number of thiazole rings is 1. The van der Waals surface area contributed by atoms with Gasteiger partial charge in [-0.25, -0.2) is 9.78 Å². The highest BCUT2D eigenvalue weighted by Crippen LogP contribution is 2.30. The van der Waals surface area contributed by atoms with Gasteiger partial charge in [0.15, 0.2) is 5.69 Å². The van der Waals surface area contributed by atoms with Crippen molar-refractivity contribution in [3.8, 4) is 0 Å². The maximum absolute atomic E-state index is 12.5. The van der Waals surface area contributed by atoms with Gasteiger partial charge in [-0.1, -0.05) is 6.07 Å². The molecule has 25 heavy (non-hydrogen) atoms. The first-order chi connectivity index (χ1) is 11.8. The minimum atomic E-state index is -4.50. The molecule has 0 radical (unpaired) electrons. The lowest BCUT2D eigenvalue weighted by Gasteiger charge is -2.13. The fourth-order valence-electron chi connectivity index (χ4n) is 2.22. The molecular weight excluding hydrogens is 359 g/mol. The predicted octanol–water partition coefficient (Wildman–Crippen LogP) is 3.05. The molecule has 1 aliphatic rings. The Kier molecular flexibility index (Phi) is 4.62. The third-order valence-corrected chi connectivity index (χ3v) is 4.27. The summed E-state index contributed by atoms with van der Waals surface area (Å²) in [6, 6.07) is 6.34. The van der Waals surface area contributed by atoms with Gasteiger partial charge in [0.1, 0.15) is 11.6 Å². The van der Waals surface area contributed by atoms with Gasteiger partial charge in [-0.3, -0.25) is 9.69 Å². The molecule has 2 amide bonds. The van der Waals surface area contributed by atoms with Crippen LogP contribution in [0, 0.1) is 0 Å². The number of aromatic nitrogens is 1. The van der Waals surface area contributed by atoms with Crippen LogP contribution in [0.25, 0.3) is 0 Å². The van der Waals surface area contributed by atoms with E-state index >= 15 is 0 Å². The molecule has 1 aromatic heterocycles. The molecule has 1 saturated heterocycles. The second kappa shape index (κ2) is 6.71. The van der Waals surface area contributed by atoms with Gasteiger partial charge in [0, 0.05) is 16.6 Å². The average molecular weight is 371 g/mol. The fraction of sp³-hybridized carbons (Fsp3) is 0.267. The minimum Gasteiger partial charge on any atom is -0.447 e. The van der Waals surface area contributed by atoms with E-state index < -0.39 is 23.9 Å². The van der Waals surface area contributed by atoms with Crippen LogP contribution in [-0.2, 0) is 17.5 Å². The Labute approximate surface area is 144 Å². The zero-order chi connectivity index (χ0) is 18.0. The zero-order valence-corrected chi connectivity index (χ0v) is 13.5. The number of ether oxygens (including phenoxy) is 1. The van der Waals surface area contributed by atoms with Gasteiger partial charge in [0.2, 0.25) is 0 Å². The maximum Gasteiger partial charge on any atom is 0.434 e. The number of carbonyl (C=O) groups excluding carboxylic acids is 2. The summed E-state index contributed by atoms with van der Waals surface area (Å²) in [5.74, 6) is -0.474. The van der Waals surface area contributed by atoms with Crippen LogP contribution in [-0.4, -0.2) is 30.1 Å². The molecule has 1 aromatic carbocycles. The van der Waals surface area contributed by atoms with Crippen LogP contribution in [0.4, 0.5) is 23.7 Å². The molecule has 1 fully saturated rings. The average Bonchev–Trinajstić information content (AvgIpc) is 3.21. The van der Waals surface area contributed by atoms with Crippen molar-refractivity contribution in [2.24, 2.45) is 0 Å². The van der Waals surface area contributed by atoms with Crippen molar-refractivity contribution in [2.45, 2.75) is 12.7 Å². The molecule has 2 heterocycles. The first-order valence-electron chi connectivity index (χ1n) is 7.19. The van der Waals surface area contributed by atoms with Gasteiger partial charge in [0.25, 0.3) is 5.91 Å². The van der Waals surface area contributed by atoms with Crippen LogP contribution in [0.1, 0.15) is 21.1 Å². The molecule has 10 heteroatoms. The zero-order valence-electron chi connectivity index (χ0n) is 12.7. The molecule has 0 saturated carbocycles. The van der Waals surface area contributed by atoms with E-state index in [0.29, 0.717) is 12.2 Å². The summed E-state index contributed by atoms with van der Waals surface area (Å²) in [5, 5.41) is 3.57. The van der Waals surface area contributed by atoms with Crippen LogP contribution in [0.15, 0.2) is 29.6 Å². The summed E-state index contributed by atoms with van der Waals surface area (Å²) in [5.41, 5.74) is -0.176. The predicted molar refractivity (Wildman–Crippen MR) is 83.4 cm³/mol. The SMILES string of the molecule is O=C(NCc1nc(C(F)(F)F)cs1)c1cccc(N2CCOC2=O)c1. The van der Waals surface area contributed by atoms with Crippen molar-refractivity contribution in [3.05, 3.63) is 45.9 Å². The van der Waals surface area contributed by atoms with E-state index in [1.54, 1.807) is 18.2 Å². The molecule has 0 atom stereocenters. The Morgan fingerprint density at radius 2 is 2.20 bits per heavy atom. The molecule has 132 valence electrons. The Bertz CT molecular complexity index is 807. The summed E-state index contributed by atoms with van der Waals surface area (Å²) in [6.45, 7) is 0.555. The highest BCUT2D eigenvalue weighted by Gasteiger charge is 2.33. The van der Waals surface area contributed by atoms with Gasteiger partial charge in [0.05, 0.1) is 13.1 Å². The number of alkyl halides is 3. The molecule has 2 aromatic rings. The number of hydrogen-bond donors (Lipinski definition) is 1. The number of amides is 2. The Morgan fingerprint density at radius 1 is 1.40 bits per heavy atom. The number of cyclic esters (lactones) is 1. The standard InChI is InChI=1S/C15H12F3N3O3S/c16-15(17,18)11-8-25-12(20-11)7-19-13(22)9-2-1-3-10(6-9)21-4-5-24-14(21)23/h1-3,6,8H,4-5,7H2,(H,19,22). The Balaban J connectivity index is 1.65. The van der Waals surface area contributed by atoms with Crippen LogP contribution >= 0.6 is 11.3 Å². The van der Waals surface area contributed by atoms with E-state index in [1.165, 1.54) is 11.0 Å². The number of nitrogens with one attached hydrogen (secondary N) is 1. The number of benzene rings is 1. The van der Waals surface area contributed by atoms with Crippen LogP contribution in [0.5, 0.6) is 0 Å². The van der Waals surface area contributed by atoms with Crippen molar-refractivity contribution >= 4 is 29.0 Å². The van der Waals surface area contributed by atoms with Gasteiger partial charge < -0.3 is 10.1 Å². The van der Waals surface area contributed by atoms with Gasteiger partial charge in [-0.2, -0.15) is 13.2 Å². The molecule has 0 spiro atoms. The summed E-state index contributed by atoms with van der Waals surface area (Å²) in [7, 11) is 0. The van der Waals surface area contributed by atoms with E-state index in [0.717, 1.165) is 16.7 Å². The topological polar surface area (TPSA) is 71.5 Å². The van der Waals surface area contributed by atoms with Crippen LogP contribution in [0.2, 0.25) is 0 Å². The lowest BCUT2D eigenvalue weighted by atomic mass is 10.1. The first-order valence-corrected chi connectivity index (χ1v) is 8.07. The maximum atomic E-state index is 12.5. The molecule has 0 unspecified atom stereocenters. The molecule has 0 aliphatic carbocycles.